The predicted octanol–water partition coefficient (Wildman–Crippen LogP) is 3.31. The minimum absolute atomic E-state index is 0.393. The molecule has 0 aromatic heterocycles. The molecular formula is C16H28N2. The van der Waals surface area contributed by atoms with E-state index in [0.717, 1.165) is 13.1 Å². The third-order valence-corrected chi connectivity index (χ3v) is 3.53. The van der Waals surface area contributed by atoms with Gasteiger partial charge in [0.15, 0.2) is 0 Å². The second kappa shape index (κ2) is 7.55. The lowest BCUT2D eigenvalue weighted by atomic mass is 9.98. The van der Waals surface area contributed by atoms with Crippen LogP contribution in [0.3, 0.4) is 0 Å². The summed E-state index contributed by atoms with van der Waals surface area (Å²) < 4.78 is 0. The molecule has 0 heterocycles. The monoisotopic (exact) mass is 248 g/mol. The van der Waals surface area contributed by atoms with Crippen LogP contribution in [0.5, 0.6) is 0 Å². The second-order valence-electron chi connectivity index (χ2n) is 5.40. The molecule has 0 spiro atoms. The van der Waals surface area contributed by atoms with Crippen LogP contribution in [0.2, 0.25) is 0 Å². The normalized spacial score (nSPS) is 15.1. The fourth-order valence-corrected chi connectivity index (χ4v) is 2.61. The summed E-state index contributed by atoms with van der Waals surface area (Å²) in [6.45, 7) is 11.4. The van der Waals surface area contributed by atoms with E-state index in [1.54, 1.807) is 0 Å². The van der Waals surface area contributed by atoms with Crippen LogP contribution < -0.4 is 5.32 Å². The smallest absolute Gasteiger partial charge is 0.0473 e. The summed E-state index contributed by atoms with van der Waals surface area (Å²) in [5.41, 5.74) is 1.37. The summed E-state index contributed by atoms with van der Waals surface area (Å²) in [7, 11) is 2.05. The number of hydrogen-bond donors (Lipinski definition) is 1. The van der Waals surface area contributed by atoms with Crippen LogP contribution >= 0.6 is 0 Å². The van der Waals surface area contributed by atoms with Crippen molar-refractivity contribution >= 4 is 0 Å². The molecule has 0 bridgehead atoms. The SMILES string of the molecule is CCN(CC(C)C)C(C)C(NC)c1ccccc1. The van der Waals surface area contributed by atoms with Crippen molar-refractivity contribution in [3.63, 3.8) is 0 Å². The van der Waals surface area contributed by atoms with Gasteiger partial charge in [-0.05, 0) is 32.0 Å². The lowest BCUT2D eigenvalue weighted by Gasteiger charge is -2.35. The zero-order valence-corrected chi connectivity index (χ0v) is 12.5. The standard InChI is InChI=1S/C16H28N2/c1-6-18(12-13(2)3)14(4)16(17-5)15-10-8-7-9-11-15/h7-11,13-14,16-17H,6,12H2,1-5H3. The Bertz CT molecular complexity index is 321. The molecule has 2 nitrogen and oxygen atoms in total. The summed E-state index contributed by atoms with van der Waals surface area (Å²) in [4.78, 5) is 2.55. The molecule has 0 saturated carbocycles. The molecule has 0 saturated heterocycles. The Balaban J connectivity index is 2.80. The van der Waals surface area contributed by atoms with Gasteiger partial charge in [-0.3, -0.25) is 4.90 Å². The number of nitrogens with one attached hydrogen (secondary N) is 1. The maximum Gasteiger partial charge on any atom is 0.0473 e. The van der Waals surface area contributed by atoms with Crippen molar-refractivity contribution in [2.75, 3.05) is 20.1 Å². The minimum atomic E-state index is 0.393. The van der Waals surface area contributed by atoms with Crippen molar-refractivity contribution in [2.45, 2.75) is 39.8 Å². The Hall–Kier alpha value is -0.860. The van der Waals surface area contributed by atoms with Crippen LogP contribution in [0.25, 0.3) is 0 Å². The van der Waals surface area contributed by atoms with Crippen molar-refractivity contribution in [2.24, 2.45) is 5.92 Å². The van der Waals surface area contributed by atoms with E-state index in [2.05, 4.69) is 75.3 Å². The van der Waals surface area contributed by atoms with Gasteiger partial charge in [0.1, 0.15) is 0 Å². The molecule has 0 aliphatic rings. The molecule has 1 N–H and O–H groups in total. The first-order chi connectivity index (χ1) is 8.60. The average Bonchev–Trinajstić information content (AvgIpc) is 2.37. The second-order valence-corrected chi connectivity index (χ2v) is 5.40. The Labute approximate surface area is 112 Å². The summed E-state index contributed by atoms with van der Waals surface area (Å²) in [6, 6.07) is 11.6. The minimum Gasteiger partial charge on any atom is -0.312 e. The molecule has 1 aromatic carbocycles. The van der Waals surface area contributed by atoms with E-state index < -0.39 is 0 Å². The van der Waals surface area contributed by atoms with E-state index in [1.165, 1.54) is 5.56 Å². The van der Waals surface area contributed by atoms with Gasteiger partial charge in [-0.15, -0.1) is 0 Å². The Morgan fingerprint density at radius 2 is 1.72 bits per heavy atom. The molecule has 0 aliphatic carbocycles. The molecule has 0 aliphatic heterocycles. The lowest BCUT2D eigenvalue weighted by molar-refractivity contribution is 0.162. The largest absolute Gasteiger partial charge is 0.312 e. The summed E-state index contributed by atoms with van der Waals surface area (Å²) >= 11 is 0. The average molecular weight is 248 g/mol. The number of hydrogen-bond acceptors (Lipinski definition) is 2. The van der Waals surface area contributed by atoms with Gasteiger partial charge in [-0.25, -0.2) is 0 Å². The first-order valence-corrected chi connectivity index (χ1v) is 7.06. The highest BCUT2D eigenvalue weighted by molar-refractivity contribution is 5.20. The third-order valence-electron chi connectivity index (χ3n) is 3.53. The number of rotatable bonds is 7. The highest BCUT2D eigenvalue weighted by atomic mass is 15.2. The molecule has 1 aromatic rings. The van der Waals surface area contributed by atoms with E-state index in [9.17, 15) is 0 Å². The summed E-state index contributed by atoms with van der Waals surface area (Å²) in [5, 5.41) is 3.46. The quantitative estimate of drug-likeness (QED) is 0.796. The van der Waals surface area contributed by atoms with Crippen molar-refractivity contribution in [1.29, 1.82) is 0 Å². The molecule has 0 amide bonds. The number of benzene rings is 1. The molecule has 1 rings (SSSR count). The topological polar surface area (TPSA) is 15.3 Å². The van der Waals surface area contributed by atoms with E-state index in [-0.39, 0.29) is 0 Å². The van der Waals surface area contributed by atoms with E-state index in [4.69, 9.17) is 0 Å². The van der Waals surface area contributed by atoms with Gasteiger partial charge in [0.25, 0.3) is 0 Å². The van der Waals surface area contributed by atoms with Crippen LogP contribution in [0.4, 0.5) is 0 Å². The van der Waals surface area contributed by atoms with Gasteiger partial charge in [0, 0.05) is 18.6 Å². The first-order valence-electron chi connectivity index (χ1n) is 7.06. The lowest BCUT2D eigenvalue weighted by Crippen LogP contribution is -2.43. The number of nitrogens with zero attached hydrogens (tertiary/aromatic N) is 1. The molecule has 0 fully saturated rings. The molecular weight excluding hydrogens is 220 g/mol. The predicted molar refractivity (Wildman–Crippen MR) is 79.8 cm³/mol. The van der Waals surface area contributed by atoms with Gasteiger partial charge in [-0.1, -0.05) is 51.1 Å². The van der Waals surface area contributed by atoms with Crippen molar-refractivity contribution in [3.8, 4) is 0 Å². The molecule has 2 heteroatoms. The van der Waals surface area contributed by atoms with Crippen molar-refractivity contribution < 1.29 is 0 Å². The van der Waals surface area contributed by atoms with Crippen molar-refractivity contribution in [3.05, 3.63) is 35.9 Å². The van der Waals surface area contributed by atoms with Crippen LogP contribution in [0.1, 0.15) is 39.3 Å². The zero-order chi connectivity index (χ0) is 13.5. The van der Waals surface area contributed by atoms with Gasteiger partial charge in [0.2, 0.25) is 0 Å². The van der Waals surface area contributed by atoms with Gasteiger partial charge in [0.05, 0.1) is 0 Å². The summed E-state index contributed by atoms with van der Waals surface area (Å²) in [6.07, 6.45) is 0. The molecule has 2 atom stereocenters. The maximum absolute atomic E-state index is 3.46. The molecule has 102 valence electrons. The highest BCUT2D eigenvalue weighted by Gasteiger charge is 2.22. The van der Waals surface area contributed by atoms with Crippen LogP contribution in [0, 0.1) is 5.92 Å². The van der Waals surface area contributed by atoms with Gasteiger partial charge in [-0.2, -0.15) is 0 Å². The summed E-state index contributed by atoms with van der Waals surface area (Å²) in [5.74, 6) is 0.709. The third kappa shape index (κ3) is 4.11. The Kier molecular flexibility index (Phi) is 6.37. The zero-order valence-electron chi connectivity index (χ0n) is 12.5. The van der Waals surface area contributed by atoms with Crippen LogP contribution in [-0.4, -0.2) is 31.1 Å². The Morgan fingerprint density at radius 3 is 2.17 bits per heavy atom. The number of likely N-dealkylation sites (N-methyl/N-ethyl adjacent to an activating group) is 2. The Morgan fingerprint density at radius 1 is 1.11 bits per heavy atom. The van der Waals surface area contributed by atoms with E-state index in [0.29, 0.717) is 18.0 Å². The fourth-order valence-electron chi connectivity index (χ4n) is 2.61. The van der Waals surface area contributed by atoms with Crippen molar-refractivity contribution in [1.82, 2.24) is 10.2 Å². The molecule has 18 heavy (non-hydrogen) atoms. The van der Waals surface area contributed by atoms with E-state index in [1.807, 2.05) is 0 Å². The van der Waals surface area contributed by atoms with E-state index >= 15 is 0 Å². The van der Waals surface area contributed by atoms with Crippen LogP contribution in [-0.2, 0) is 0 Å². The van der Waals surface area contributed by atoms with Gasteiger partial charge >= 0.3 is 0 Å². The highest BCUT2D eigenvalue weighted by Crippen LogP contribution is 2.21. The fraction of sp³-hybridized carbons (Fsp3) is 0.625. The maximum atomic E-state index is 3.46. The first kappa shape index (κ1) is 15.2. The molecule has 0 radical (unpaired) electrons. The van der Waals surface area contributed by atoms with Gasteiger partial charge < -0.3 is 5.32 Å². The molecule has 2 unspecified atom stereocenters. The van der Waals surface area contributed by atoms with Crippen LogP contribution in [0.15, 0.2) is 30.3 Å².